The van der Waals surface area contributed by atoms with Crippen LogP contribution in [-0.4, -0.2) is 19.7 Å². The Bertz CT molecular complexity index is 1440. The zero-order valence-electron chi connectivity index (χ0n) is 17.8. The molecule has 0 aliphatic carbocycles. The summed E-state index contributed by atoms with van der Waals surface area (Å²) >= 11 is 0. The molecule has 0 unspecified atom stereocenters. The van der Waals surface area contributed by atoms with Gasteiger partial charge in [-0.2, -0.15) is 0 Å². The first kappa shape index (κ1) is 20.9. The van der Waals surface area contributed by atoms with Crippen LogP contribution in [0.25, 0.3) is 33.2 Å². The monoisotopic (exact) mass is 436 g/mol. The van der Waals surface area contributed by atoms with Crippen LogP contribution in [0.1, 0.15) is 26.3 Å². The Hall–Kier alpha value is -3.32. The Kier molecular flexibility index (Phi) is 5.01. The molecule has 0 saturated carbocycles. The van der Waals surface area contributed by atoms with E-state index in [1.165, 1.54) is 0 Å². The molecule has 0 spiro atoms. The summed E-state index contributed by atoms with van der Waals surface area (Å²) in [6.07, 6.45) is 4.41. The third kappa shape index (κ3) is 4.27. The normalized spacial score (nSPS) is 12.3. The Labute approximate surface area is 181 Å². The molecule has 7 heteroatoms. The van der Waals surface area contributed by atoms with Crippen LogP contribution >= 0.6 is 0 Å². The van der Waals surface area contributed by atoms with Crippen LogP contribution in [0.3, 0.4) is 0 Å². The fourth-order valence-electron chi connectivity index (χ4n) is 3.69. The number of hydrogen-bond donors (Lipinski definition) is 2. The van der Waals surface area contributed by atoms with Crippen LogP contribution in [0.5, 0.6) is 0 Å². The minimum absolute atomic E-state index is 0.161. The van der Waals surface area contributed by atoms with E-state index >= 15 is 0 Å². The van der Waals surface area contributed by atoms with E-state index in [9.17, 15) is 13.2 Å². The third-order valence-corrected chi connectivity index (χ3v) is 5.69. The highest BCUT2D eigenvalue weighted by atomic mass is 32.2. The second kappa shape index (κ2) is 7.42. The summed E-state index contributed by atoms with van der Waals surface area (Å²) in [5.41, 5.74) is 4.84. The van der Waals surface area contributed by atoms with Gasteiger partial charge in [0.2, 0.25) is 10.0 Å². The number of aromatic nitrogens is 1. The van der Waals surface area contributed by atoms with Gasteiger partial charge < -0.3 is 9.40 Å². The molecular formula is C24H24N2O4S. The zero-order chi connectivity index (χ0) is 22.4. The highest BCUT2D eigenvalue weighted by Crippen LogP contribution is 2.40. The van der Waals surface area contributed by atoms with Crippen molar-refractivity contribution in [1.82, 2.24) is 4.98 Å². The summed E-state index contributed by atoms with van der Waals surface area (Å²) in [6, 6.07) is 14.7. The maximum Gasteiger partial charge on any atom is 0.255 e. The van der Waals surface area contributed by atoms with Gasteiger partial charge in [0.15, 0.2) is 0 Å². The van der Waals surface area contributed by atoms with Crippen molar-refractivity contribution in [3.8, 4) is 22.3 Å². The van der Waals surface area contributed by atoms with Crippen LogP contribution in [0.2, 0.25) is 0 Å². The molecule has 31 heavy (non-hydrogen) atoms. The molecule has 0 aliphatic rings. The van der Waals surface area contributed by atoms with Gasteiger partial charge in [0.25, 0.3) is 5.56 Å². The van der Waals surface area contributed by atoms with Crippen molar-refractivity contribution in [2.45, 2.75) is 26.2 Å². The average molecular weight is 437 g/mol. The van der Waals surface area contributed by atoms with Crippen molar-refractivity contribution >= 4 is 26.7 Å². The van der Waals surface area contributed by atoms with E-state index < -0.39 is 10.0 Å². The van der Waals surface area contributed by atoms with Crippen molar-refractivity contribution in [1.29, 1.82) is 0 Å². The molecule has 2 aromatic heterocycles. The molecule has 0 atom stereocenters. The molecule has 0 bridgehead atoms. The van der Waals surface area contributed by atoms with Gasteiger partial charge in [-0.05, 0) is 52.9 Å². The van der Waals surface area contributed by atoms with Gasteiger partial charge in [-0.3, -0.25) is 9.52 Å². The number of aromatic amines is 1. The number of nitrogens with one attached hydrogen (secondary N) is 2. The van der Waals surface area contributed by atoms with E-state index in [0.717, 1.165) is 39.5 Å². The summed E-state index contributed by atoms with van der Waals surface area (Å²) < 4.78 is 31.8. The number of hydrogen-bond acceptors (Lipinski definition) is 4. The maximum absolute atomic E-state index is 12.4. The molecule has 2 N–H and O–H groups in total. The summed E-state index contributed by atoms with van der Waals surface area (Å²) in [5.74, 6) is 0. The Morgan fingerprint density at radius 3 is 2.42 bits per heavy atom. The number of rotatable bonds is 4. The van der Waals surface area contributed by atoms with Crippen molar-refractivity contribution in [2.75, 3.05) is 11.0 Å². The van der Waals surface area contributed by atoms with Gasteiger partial charge in [-0.1, -0.05) is 32.9 Å². The lowest BCUT2D eigenvalue weighted by molar-refractivity contribution is 0.559. The van der Waals surface area contributed by atoms with Crippen LogP contribution in [0, 0.1) is 0 Å². The predicted molar refractivity (Wildman–Crippen MR) is 125 cm³/mol. The molecule has 0 fully saturated rings. The zero-order valence-corrected chi connectivity index (χ0v) is 18.6. The van der Waals surface area contributed by atoms with Crippen LogP contribution < -0.4 is 10.3 Å². The van der Waals surface area contributed by atoms with Crippen LogP contribution in [-0.2, 0) is 15.4 Å². The smallest absolute Gasteiger partial charge is 0.255 e. The van der Waals surface area contributed by atoms with E-state index in [-0.39, 0.29) is 11.0 Å². The largest absolute Gasteiger partial charge is 0.463 e. The minimum Gasteiger partial charge on any atom is -0.463 e. The number of H-pyrrole nitrogens is 1. The first-order chi connectivity index (χ1) is 14.5. The van der Waals surface area contributed by atoms with Crippen LogP contribution in [0.4, 0.5) is 5.69 Å². The van der Waals surface area contributed by atoms with E-state index in [4.69, 9.17) is 4.42 Å². The highest BCUT2D eigenvalue weighted by Gasteiger charge is 2.23. The van der Waals surface area contributed by atoms with Crippen molar-refractivity contribution < 1.29 is 12.8 Å². The molecule has 0 radical (unpaired) electrons. The molecule has 0 saturated heterocycles. The summed E-state index contributed by atoms with van der Waals surface area (Å²) in [4.78, 5) is 15.2. The molecule has 4 aromatic rings. The SMILES string of the molecule is CC(C)(C)c1cc(-c2ccc[nH]c2=O)cc2c(-c3cccc(NS(C)(=O)=O)c3)coc12. The Morgan fingerprint density at radius 2 is 1.74 bits per heavy atom. The molecule has 6 nitrogen and oxygen atoms in total. The minimum atomic E-state index is -3.39. The Morgan fingerprint density at radius 1 is 0.968 bits per heavy atom. The lowest BCUT2D eigenvalue weighted by atomic mass is 9.83. The van der Waals surface area contributed by atoms with Gasteiger partial charge >= 0.3 is 0 Å². The number of fused-ring (bicyclic) bond motifs is 1. The second-order valence-corrected chi connectivity index (χ2v) is 10.4. The van der Waals surface area contributed by atoms with Gasteiger partial charge in [0.1, 0.15) is 5.58 Å². The van der Waals surface area contributed by atoms with Crippen LogP contribution in [0.15, 0.2) is 70.2 Å². The molecule has 2 aromatic carbocycles. The van der Waals surface area contributed by atoms with Gasteiger partial charge in [-0.15, -0.1) is 0 Å². The number of benzene rings is 2. The standard InChI is InChI=1S/C24H24N2O4S/c1-24(2,3)21-13-16(18-9-6-10-25-23(18)27)12-19-20(14-30-22(19)21)15-7-5-8-17(11-15)26-31(4,28)29/h5-14,26H,1-4H3,(H,25,27). The molecule has 0 aliphatic heterocycles. The van der Waals surface area contributed by atoms with E-state index in [1.54, 1.807) is 42.8 Å². The lowest BCUT2D eigenvalue weighted by Crippen LogP contribution is -2.13. The maximum atomic E-state index is 12.4. The summed E-state index contributed by atoms with van der Waals surface area (Å²) in [5, 5.41) is 0.863. The number of anilines is 1. The lowest BCUT2D eigenvalue weighted by Gasteiger charge is -2.20. The molecular weight excluding hydrogens is 412 g/mol. The summed E-state index contributed by atoms with van der Waals surface area (Å²) in [6.45, 7) is 6.29. The van der Waals surface area contributed by atoms with E-state index in [2.05, 4.69) is 30.5 Å². The quantitative estimate of drug-likeness (QED) is 0.464. The van der Waals surface area contributed by atoms with Gasteiger partial charge in [-0.25, -0.2) is 8.42 Å². The third-order valence-electron chi connectivity index (χ3n) is 5.09. The van der Waals surface area contributed by atoms with E-state index in [1.807, 2.05) is 18.2 Å². The fourth-order valence-corrected chi connectivity index (χ4v) is 4.24. The fraction of sp³-hybridized carbons (Fsp3) is 0.208. The topological polar surface area (TPSA) is 92.2 Å². The van der Waals surface area contributed by atoms with Gasteiger partial charge in [0, 0.05) is 34.0 Å². The van der Waals surface area contributed by atoms with Crippen molar-refractivity contribution in [3.05, 3.63) is 76.9 Å². The molecule has 160 valence electrons. The van der Waals surface area contributed by atoms with Crippen molar-refractivity contribution in [2.24, 2.45) is 0 Å². The van der Waals surface area contributed by atoms with E-state index in [0.29, 0.717) is 11.3 Å². The van der Waals surface area contributed by atoms with Crippen molar-refractivity contribution in [3.63, 3.8) is 0 Å². The number of sulfonamides is 1. The molecule has 2 heterocycles. The second-order valence-electron chi connectivity index (χ2n) is 8.67. The summed E-state index contributed by atoms with van der Waals surface area (Å²) in [7, 11) is -3.39. The number of pyridine rings is 1. The molecule has 0 amide bonds. The number of furan rings is 1. The van der Waals surface area contributed by atoms with Gasteiger partial charge in [0.05, 0.1) is 12.5 Å². The predicted octanol–water partition coefficient (Wildman–Crippen LogP) is 5.12. The average Bonchev–Trinajstić information content (AvgIpc) is 3.09. The first-order valence-corrected chi connectivity index (χ1v) is 11.7. The molecule has 4 rings (SSSR count). The first-order valence-electron chi connectivity index (χ1n) is 9.85. The Balaban J connectivity index is 1.97. The highest BCUT2D eigenvalue weighted by molar-refractivity contribution is 7.92.